The summed E-state index contributed by atoms with van der Waals surface area (Å²) >= 11 is 0. The minimum Gasteiger partial charge on any atom is -0.330 e. The van der Waals surface area contributed by atoms with E-state index in [-0.39, 0.29) is 5.25 Å². The molecular weight excluding hydrogens is 230 g/mol. The Hall–Kier alpha value is -0.670. The Labute approximate surface area is 106 Å². The molecule has 1 aromatic rings. The van der Waals surface area contributed by atoms with E-state index >= 15 is 0 Å². The summed E-state index contributed by atoms with van der Waals surface area (Å²) in [7, 11) is -0.891. The number of nitrogens with two attached hydrogens (primary N) is 1. The predicted molar refractivity (Wildman–Crippen MR) is 72.5 cm³/mol. The second-order valence-electron chi connectivity index (χ2n) is 5.03. The molecule has 0 amide bonds. The van der Waals surface area contributed by atoms with E-state index < -0.39 is 10.8 Å². The van der Waals surface area contributed by atoms with Crippen molar-refractivity contribution in [2.24, 2.45) is 11.7 Å². The molecule has 1 aliphatic carbocycles. The van der Waals surface area contributed by atoms with Crippen molar-refractivity contribution >= 4 is 10.8 Å². The van der Waals surface area contributed by atoms with Crippen molar-refractivity contribution in [3.63, 3.8) is 0 Å². The Morgan fingerprint density at radius 1 is 1.35 bits per heavy atom. The highest BCUT2D eigenvalue weighted by atomic mass is 32.2. The third kappa shape index (κ3) is 2.61. The Balaban J connectivity index is 2.27. The monoisotopic (exact) mass is 251 g/mol. The number of aryl methyl sites for hydroxylation is 2. The number of benzene rings is 1. The zero-order chi connectivity index (χ0) is 12.4. The molecule has 0 spiro atoms. The second-order valence-corrected chi connectivity index (χ2v) is 6.67. The van der Waals surface area contributed by atoms with Crippen LogP contribution in [0.25, 0.3) is 0 Å². The summed E-state index contributed by atoms with van der Waals surface area (Å²) in [5.41, 5.74) is 8.09. The minimum atomic E-state index is -0.891. The van der Waals surface area contributed by atoms with E-state index in [1.807, 2.05) is 6.92 Å². The Morgan fingerprint density at radius 2 is 2.12 bits per heavy atom. The summed E-state index contributed by atoms with van der Waals surface area (Å²) in [5, 5.41) is 0.264. The number of hydrogen-bond acceptors (Lipinski definition) is 2. The molecule has 0 aliphatic heterocycles. The quantitative estimate of drug-likeness (QED) is 0.897. The first kappa shape index (κ1) is 12.8. The molecule has 3 unspecified atom stereocenters. The fourth-order valence-electron chi connectivity index (χ4n) is 2.64. The third-order valence-electron chi connectivity index (χ3n) is 3.73. The summed E-state index contributed by atoms with van der Waals surface area (Å²) in [5.74, 6) is 0.441. The van der Waals surface area contributed by atoms with Gasteiger partial charge in [0.05, 0.1) is 10.8 Å². The smallest absolute Gasteiger partial charge is 0.0566 e. The van der Waals surface area contributed by atoms with Crippen LogP contribution < -0.4 is 5.73 Å². The van der Waals surface area contributed by atoms with Gasteiger partial charge in [0.2, 0.25) is 0 Å². The van der Waals surface area contributed by atoms with Crippen molar-refractivity contribution in [3.8, 4) is 0 Å². The maximum atomic E-state index is 12.6. The lowest BCUT2D eigenvalue weighted by molar-refractivity contribution is 0.557. The molecule has 1 aromatic carbocycles. The molecule has 0 radical (unpaired) electrons. The van der Waals surface area contributed by atoms with Crippen molar-refractivity contribution in [1.29, 1.82) is 0 Å². The van der Waals surface area contributed by atoms with Gasteiger partial charge in [0.25, 0.3) is 0 Å². The zero-order valence-electron chi connectivity index (χ0n) is 10.6. The van der Waals surface area contributed by atoms with E-state index in [2.05, 4.69) is 25.1 Å². The van der Waals surface area contributed by atoms with Crippen molar-refractivity contribution in [3.05, 3.63) is 29.3 Å². The highest BCUT2D eigenvalue weighted by molar-refractivity contribution is 7.85. The largest absolute Gasteiger partial charge is 0.330 e. The van der Waals surface area contributed by atoms with E-state index in [0.717, 1.165) is 23.3 Å². The van der Waals surface area contributed by atoms with Gasteiger partial charge in [-0.2, -0.15) is 0 Å². The summed E-state index contributed by atoms with van der Waals surface area (Å²) in [6, 6.07) is 6.21. The lowest BCUT2D eigenvalue weighted by Gasteiger charge is -2.18. The summed E-state index contributed by atoms with van der Waals surface area (Å²) < 4.78 is 12.6. The van der Waals surface area contributed by atoms with Crippen LogP contribution in [-0.4, -0.2) is 16.0 Å². The molecule has 2 rings (SSSR count). The van der Waals surface area contributed by atoms with Crippen molar-refractivity contribution < 1.29 is 4.21 Å². The van der Waals surface area contributed by atoms with E-state index in [1.54, 1.807) is 0 Å². The van der Waals surface area contributed by atoms with Crippen LogP contribution in [0.5, 0.6) is 0 Å². The van der Waals surface area contributed by atoms with E-state index in [0.29, 0.717) is 12.5 Å². The van der Waals surface area contributed by atoms with Gasteiger partial charge in [-0.1, -0.05) is 18.6 Å². The summed E-state index contributed by atoms with van der Waals surface area (Å²) in [4.78, 5) is 1.01. The van der Waals surface area contributed by atoms with E-state index in [9.17, 15) is 4.21 Å². The molecule has 0 bridgehead atoms. The molecule has 3 heteroatoms. The Bertz CT molecular complexity index is 430. The Morgan fingerprint density at radius 3 is 2.82 bits per heavy atom. The van der Waals surface area contributed by atoms with Crippen LogP contribution in [0.2, 0.25) is 0 Å². The van der Waals surface area contributed by atoms with Gasteiger partial charge in [-0.25, -0.2) is 0 Å². The molecule has 17 heavy (non-hydrogen) atoms. The van der Waals surface area contributed by atoms with Crippen molar-refractivity contribution in [1.82, 2.24) is 0 Å². The van der Waals surface area contributed by atoms with Crippen LogP contribution in [0.1, 0.15) is 30.4 Å². The number of hydrogen-bond donors (Lipinski definition) is 1. The van der Waals surface area contributed by atoms with Crippen LogP contribution in [0, 0.1) is 19.8 Å². The lowest BCUT2D eigenvalue weighted by atomic mass is 10.1. The molecule has 3 atom stereocenters. The summed E-state index contributed by atoms with van der Waals surface area (Å²) in [6.07, 6.45) is 3.36. The van der Waals surface area contributed by atoms with Gasteiger partial charge in [-0.05, 0) is 56.3 Å². The van der Waals surface area contributed by atoms with Crippen molar-refractivity contribution in [2.45, 2.75) is 43.3 Å². The highest BCUT2D eigenvalue weighted by Gasteiger charge is 2.32. The minimum absolute atomic E-state index is 0.264. The molecule has 0 saturated heterocycles. The van der Waals surface area contributed by atoms with Crippen LogP contribution in [-0.2, 0) is 10.8 Å². The Kier molecular flexibility index (Phi) is 4.00. The van der Waals surface area contributed by atoms with Crippen LogP contribution >= 0.6 is 0 Å². The molecule has 1 aliphatic rings. The van der Waals surface area contributed by atoms with Gasteiger partial charge in [0.1, 0.15) is 0 Å². The van der Waals surface area contributed by atoms with Gasteiger partial charge in [0.15, 0.2) is 0 Å². The maximum Gasteiger partial charge on any atom is 0.0566 e. The first-order chi connectivity index (χ1) is 8.13. The molecular formula is C14H21NOS. The number of rotatable bonds is 3. The fraction of sp³-hybridized carbons (Fsp3) is 0.571. The average molecular weight is 251 g/mol. The topological polar surface area (TPSA) is 43.1 Å². The van der Waals surface area contributed by atoms with E-state index in [4.69, 9.17) is 5.73 Å². The molecule has 2 nitrogen and oxygen atoms in total. The van der Waals surface area contributed by atoms with Gasteiger partial charge < -0.3 is 5.73 Å². The lowest BCUT2D eigenvalue weighted by Crippen LogP contribution is -2.27. The second kappa shape index (κ2) is 5.32. The normalized spacial score (nSPS) is 26.1. The van der Waals surface area contributed by atoms with Gasteiger partial charge in [-0.3, -0.25) is 4.21 Å². The standard InChI is InChI=1S/C14H21NOS/c1-10-6-7-11(2)14(8-10)17(16)13-5-3-4-12(13)9-15/h6-8,12-13H,3-5,9,15H2,1-2H3. The fourth-order valence-corrected chi connectivity index (χ4v) is 4.63. The van der Waals surface area contributed by atoms with Crippen LogP contribution in [0.4, 0.5) is 0 Å². The highest BCUT2D eigenvalue weighted by Crippen LogP contribution is 2.32. The van der Waals surface area contributed by atoms with E-state index in [1.165, 1.54) is 12.0 Å². The third-order valence-corrected chi connectivity index (χ3v) is 5.77. The molecule has 0 heterocycles. The first-order valence-electron chi connectivity index (χ1n) is 6.31. The predicted octanol–water partition coefficient (Wildman–Crippen LogP) is 2.54. The van der Waals surface area contributed by atoms with Crippen LogP contribution in [0.3, 0.4) is 0 Å². The van der Waals surface area contributed by atoms with Gasteiger partial charge >= 0.3 is 0 Å². The van der Waals surface area contributed by atoms with Crippen LogP contribution in [0.15, 0.2) is 23.1 Å². The van der Waals surface area contributed by atoms with Gasteiger partial charge in [-0.15, -0.1) is 0 Å². The van der Waals surface area contributed by atoms with Crippen molar-refractivity contribution in [2.75, 3.05) is 6.54 Å². The molecule has 1 saturated carbocycles. The molecule has 1 fully saturated rings. The molecule has 0 aromatic heterocycles. The zero-order valence-corrected chi connectivity index (χ0v) is 11.4. The molecule has 2 N–H and O–H groups in total. The van der Waals surface area contributed by atoms with Gasteiger partial charge in [0, 0.05) is 10.1 Å². The first-order valence-corrected chi connectivity index (χ1v) is 7.52. The molecule has 94 valence electrons. The summed E-state index contributed by atoms with van der Waals surface area (Å²) in [6.45, 7) is 4.76. The maximum absolute atomic E-state index is 12.6. The SMILES string of the molecule is Cc1ccc(C)c(S(=O)C2CCCC2CN)c1. The average Bonchev–Trinajstić information content (AvgIpc) is 2.79.